The van der Waals surface area contributed by atoms with Crippen molar-refractivity contribution in [1.82, 2.24) is 9.80 Å². The highest BCUT2D eigenvalue weighted by atomic mass is 16.3. The van der Waals surface area contributed by atoms with Gasteiger partial charge in [0.05, 0.1) is 0 Å². The van der Waals surface area contributed by atoms with Gasteiger partial charge < -0.3 is 14.9 Å². The van der Waals surface area contributed by atoms with E-state index in [1.807, 2.05) is 7.05 Å². The lowest BCUT2D eigenvalue weighted by molar-refractivity contribution is -0.130. The van der Waals surface area contributed by atoms with Crippen LogP contribution in [0.2, 0.25) is 0 Å². The maximum Gasteiger partial charge on any atom is 0.222 e. The van der Waals surface area contributed by atoms with Crippen molar-refractivity contribution >= 4 is 5.91 Å². The monoisotopic (exact) mass is 214 g/mol. The molecule has 15 heavy (non-hydrogen) atoms. The lowest BCUT2D eigenvalue weighted by Crippen LogP contribution is -2.39. The molecule has 1 amide bonds. The van der Waals surface area contributed by atoms with Crippen LogP contribution in [0, 0.1) is 0 Å². The number of amides is 1. The molecule has 0 aromatic rings. The molecule has 0 aliphatic carbocycles. The van der Waals surface area contributed by atoms with E-state index in [-0.39, 0.29) is 12.5 Å². The Morgan fingerprint density at radius 2 is 2.33 bits per heavy atom. The predicted molar refractivity (Wildman–Crippen MR) is 59.6 cm³/mol. The van der Waals surface area contributed by atoms with Crippen molar-refractivity contribution in [2.24, 2.45) is 0 Å². The largest absolute Gasteiger partial charge is 0.396 e. The van der Waals surface area contributed by atoms with E-state index in [2.05, 4.69) is 11.9 Å². The van der Waals surface area contributed by atoms with E-state index in [1.165, 1.54) is 12.8 Å². The Morgan fingerprint density at radius 3 is 2.87 bits per heavy atom. The van der Waals surface area contributed by atoms with E-state index in [9.17, 15) is 4.79 Å². The van der Waals surface area contributed by atoms with Crippen LogP contribution in [-0.2, 0) is 4.79 Å². The number of likely N-dealkylation sites (N-methyl/N-ethyl adjacent to an activating group) is 2. The molecule has 0 saturated carbocycles. The van der Waals surface area contributed by atoms with Crippen molar-refractivity contribution in [3.63, 3.8) is 0 Å². The first-order chi connectivity index (χ1) is 7.15. The number of rotatable bonds is 5. The molecule has 0 aromatic carbocycles. The standard InChI is InChI=1S/C11H22N2O2/c1-12-7-3-5-10(12)9-13(2)11(15)6-4-8-14/h10,14H,3-9H2,1-2H3. The molecule has 88 valence electrons. The van der Waals surface area contributed by atoms with Gasteiger partial charge in [0.15, 0.2) is 0 Å². The molecule has 0 spiro atoms. The van der Waals surface area contributed by atoms with Crippen LogP contribution in [0.15, 0.2) is 0 Å². The molecule has 4 nitrogen and oxygen atoms in total. The molecule has 1 unspecified atom stereocenters. The number of aliphatic hydroxyl groups is 1. The van der Waals surface area contributed by atoms with Gasteiger partial charge in [-0.15, -0.1) is 0 Å². The summed E-state index contributed by atoms with van der Waals surface area (Å²) in [5, 5.41) is 8.64. The van der Waals surface area contributed by atoms with Gasteiger partial charge in [0, 0.05) is 32.7 Å². The zero-order valence-electron chi connectivity index (χ0n) is 9.78. The van der Waals surface area contributed by atoms with Gasteiger partial charge in [0.2, 0.25) is 5.91 Å². The van der Waals surface area contributed by atoms with E-state index in [1.54, 1.807) is 4.90 Å². The van der Waals surface area contributed by atoms with Crippen molar-refractivity contribution in [2.45, 2.75) is 31.7 Å². The molecule has 1 saturated heterocycles. The molecule has 4 heteroatoms. The van der Waals surface area contributed by atoms with E-state index in [4.69, 9.17) is 5.11 Å². The first-order valence-electron chi connectivity index (χ1n) is 5.70. The van der Waals surface area contributed by atoms with Crippen molar-refractivity contribution in [1.29, 1.82) is 0 Å². The summed E-state index contributed by atoms with van der Waals surface area (Å²) in [5.41, 5.74) is 0. The number of nitrogens with zero attached hydrogens (tertiary/aromatic N) is 2. The first-order valence-corrected chi connectivity index (χ1v) is 5.70. The zero-order chi connectivity index (χ0) is 11.3. The minimum Gasteiger partial charge on any atom is -0.396 e. The van der Waals surface area contributed by atoms with E-state index in [0.29, 0.717) is 18.9 Å². The molecule has 0 bridgehead atoms. The average Bonchev–Trinajstić information content (AvgIpc) is 2.61. The Balaban J connectivity index is 2.27. The molecule has 1 rings (SSSR count). The van der Waals surface area contributed by atoms with Crippen LogP contribution in [0.1, 0.15) is 25.7 Å². The van der Waals surface area contributed by atoms with Gasteiger partial charge in [-0.25, -0.2) is 0 Å². The van der Waals surface area contributed by atoms with Gasteiger partial charge in [-0.2, -0.15) is 0 Å². The second-order valence-electron chi connectivity index (χ2n) is 4.38. The quantitative estimate of drug-likeness (QED) is 0.716. The van der Waals surface area contributed by atoms with Gasteiger partial charge in [-0.3, -0.25) is 4.79 Å². The summed E-state index contributed by atoms with van der Waals surface area (Å²) in [7, 11) is 3.97. The fourth-order valence-corrected chi connectivity index (χ4v) is 2.05. The van der Waals surface area contributed by atoms with E-state index in [0.717, 1.165) is 13.1 Å². The summed E-state index contributed by atoms with van der Waals surface area (Å²) >= 11 is 0. The smallest absolute Gasteiger partial charge is 0.222 e. The Morgan fingerprint density at radius 1 is 1.60 bits per heavy atom. The molecule has 1 N–H and O–H groups in total. The lowest BCUT2D eigenvalue weighted by Gasteiger charge is -2.25. The van der Waals surface area contributed by atoms with Crippen LogP contribution in [0.3, 0.4) is 0 Å². The Bertz CT molecular complexity index is 209. The van der Waals surface area contributed by atoms with Crippen molar-refractivity contribution in [2.75, 3.05) is 33.8 Å². The molecule has 1 aliphatic rings. The Kier molecular flexibility index (Phi) is 5.05. The van der Waals surface area contributed by atoms with Crippen molar-refractivity contribution in [3.8, 4) is 0 Å². The van der Waals surface area contributed by atoms with Crippen LogP contribution in [0.4, 0.5) is 0 Å². The van der Waals surface area contributed by atoms with Gasteiger partial charge in [0.1, 0.15) is 0 Å². The number of hydrogen-bond donors (Lipinski definition) is 1. The molecular weight excluding hydrogens is 192 g/mol. The number of likely N-dealkylation sites (tertiary alicyclic amines) is 1. The van der Waals surface area contributed by atoms with Crippen LogP contribution in [0.5, 0.6) is 0 Å². The van der Waals surface area contributed by atoms with Crippen LogP contribution >= 0.6 is 0 Å². The fraction of sp³-hybridized carbons (Fsp3) is 0.909. The molecule has 0 radical (unpaired) electrons. The van der Waals surface area contributed by atoms with Gasteiger partial charge >= 0.3 is 0 Å². The van der Waals surface area contributed by atoms with Gasteiger partial charge in [-0.1, -0.05) is 0 Å². The predicted octanol–water partition coefficient (Wildman–Crippen LogP) is 0.311. The highest BCUT2D eigenvalue weighted by Crippen LogP contribution is 2.15. The highest BCUT2D eigenvalue weighted by Gasteiger charge is 2.23. The average molecular weight is 214 g/mol. The molecule has 1 atom stereocenters. The fourth-order valence-electron chi connectivity index (χ4n) is 2.05. The molecule has 1 heterocycles. The topological polar surface area (TPSA) is 43.8 Å². The minimum absolute atomic E-state index is 0.100. The molecule has 1 aliphatic heterocycles. The van der Waals surface area contributed by atoms with Crippen LogP contribution in [-0.4, -0.2) is 60.6 Å². The Labute approximate surface area is 91.9 Å². The maximum absolute atomic E-state index is 11.6. The van der Waals surface area contributed by atoms with E-state index >= 15 is 0 Å². The summed E-state index contributed by atoms with van der Waals surface area (Å²) in [5.74, 6) is 0.143. The van der Waals surface area contributed by atoms with Crippen LogP contribution in [0.25, 0.3) is 0 Å². The minimum atomic E-state index is 0.100. The van der Waals surface area contributed by atoms with Gasteiger partial charge in [0.25, 0.3) is 0 Å². The number of carbonyl (C=O) groups excluding carboxylic acids is 1. The SMILES string of the molecule is CN(CC1CCCN1C)C(=O)CCCO. The lowest BCUT2D eigenvalue weighted by atomic mass is 10.2. The van der Waals surface area contributed by atoms with Crippen LogP contribution < -0.4 is 0 Å². The third-order valence-electron chi connectivity index (χ3n) is 3.13. The third-order valence-corrected chi connectivity index (χ3v) is 3.13. The molecule has 0 aromatic heterocycles. The van der Waals surface area contributed by atoms with Crippen molar-refractivity contribution in [3.05, 3.63) is 0 Å². The van der Waals surface area contributed by atoms with Gasteiger partial charge in [-0.05, 0) is 32.9 Å². The first kappa shape index (κ1) is 12.5. The summed E-state index contributed by atoms with van der Waals surface area (Å²) in [6, 6.07) is 0.521. The Hall–Kier alpha value is -0.610. The normalized spacial score (nSPS) is 21.9. The second kappa shape index (κ2) is 6.08. The summed E-state index contributed by atoms with van der Waals surface area (Å²) in [6.45, 7) is 2.06. The van der Waals surface area contributed by atoms with E-state index < -0.39 is 0 Å². The highest BCUT2D eigenvalue weighted by molar-refractivity contribution is 5.75. The summed E-state index contributed by atoms with van der Waals surface area (Å²) in [6.07, 6.45) is 3.46. The molecular formula is C11H22N2O2. The molecule has 1 fully saturated rings. The summed E-state index contributed by atoms with van der Waals surface area (Å²) < 4.78 is 0. The van der Waals surface area contributed by atoms with Crippen molar-refractivity contribution < 1.29 is 9.90 Å². The number of aliphatic hydroxyl groups excluding tert-OH is 1. The summed E-state index contributed by atoms with van der Waals surface area (Å²) in [4.78, 5) is 15.7. The third kappa shape index (κ3) is 3.80. The zero-order valence-corrected chi connectivity index (χ0v) is 9.78. The number of carbonyl (C=O) groups is 1. The number of hydrogen-bond acceptors (Lipinski definition) is 3. The maximum atomic E-state index is 11.6. The second-order valence-corrected chi connectivity index (χ2v) is 4.38.